The summed E-state index contributed by atoms with van der Waals surface area (Å²) in [6, 6.07) is 13.0. The van der Waals surface area contributed by atoms with Crippen molar-refractivity contribution in [2.75, 3.05) is 13.7 Å². The number of ether oxygens (including phenoxy) is 1. The number of hydrogen-bond donors (Lipinski definition) is 0. The number of methoxy groups -OCH3 is 1. The van der Waals surface area contributed by atoms with Gasteiger partial charge in [0.2, 0.25) is 11.7 Å². The van der Waals surface area contributed by atoms with Crippen molar-refractivity contribution in [2.24, 2.45) is 0 Å². The normalized spacial score (nSPS) is 10.9. The fraction of sp³-hybridized carbons (Fsp3) is 0.286. The molecule has 7 heteroatoms. The van der Waals surface area contributed by atoms with E-state index in [0.717, 1.165) is 11.3 Å². The molecule has 28 heavy (non-hydrogen) atoms. The average molecular weight is 383 g/mol. The van der Waals surface area contributed by atoms with Crippen LogP contribution in [0, 0.1) is 5.82 Å². The Morgan fingerprint density at radius 3 is 2.61 bits per heavy atom. The maximum atomic E-state index is 13.4. The van der Waals surface area contributed by atoms with E-state index in [2.05, 4.69) is 10.1 Å². The number of hydrogen-bond acceptors (Lipinski definition) is 5. The van der Waals surface area contributed by atoms with Gasteiger partial charge in [-0.2, -0.15) is 4.98 Å². The molecule has 0 fully saturated rings. The molecule has 0 aliphatic rings. The Balaban J connectivity index is 1.69. The molecule has 0 spiro atoms. The van der Waals surface area contributed by atoms with E-state index in [1.165, 1.54) is 18.2 Å². The van der Waals surface area contributed by atoms with E-state index in [0.29, 0.717) is 30.2 Å². The van der Waals surface area contributed by atoms with Crippen LogP contribution in [0.4, 0.5) is 4.39 Å². The number of nitrogens with zero attached hydrogens (tertiary/aromatic N) is 3. The van der Waals surface area contributed by atoms with Gasteiger partial charge in [-0.25, -0.2) is 4.39 Å². The highest BCUT2D eigenvalue weighted by Crippen LogP contribution is 2.20. The SMILES string of the molecule is COc1ccc(-c2noc(CCN(C(=O)c3cccc(F)c3)C(C)C)n2)cc1. The van der Waals surface area contributed by atoms with Crippen LogP contribution in [0.2, 0.25) is 0 Å². The molecule has 1 aromatic heterocycles. The van der Waals surface area contributed by atoms with Gasteiger partial charge in [-0.15, -0.1) is 0 Å². The van der Waals surface area contributed by atoms with Gasteiger partial charge in [0.25, 0.3) is 5.91 Å². The second-order valence-electron chi connectivity index (χ2n) is 6.59. The van der Waals surface area contributed by atoms with Crippen molar-refractivity contribution in [1.29, 1.82) is 0 Å². The lowest BCUT2D eigenvalue weighted by atomic mass is 10.1. The summed E-state index contributed by atoms with van der Waals surface area (Å²) in [5, 5.41) is 4.00. The van der Waals surface area contributed by atoms with Crippen molar-refractivity contribution in [3.05, 3.63) is 65.8 Å². The molecular weight excluding hydrogens is 361 g/mol. The third-order valence-corrected chi connectivity index (χ3v) is 4.34. The number of amides is 1. The van der Waals surface area contributed by atoms with Gasteiger partial charge in [0.15, 0.2) is 0 Å². The summed E-state index contributed by atoms with van der Waals surface area (Å²) in [4.78, 5) is 18.8. The van der Waals surface area contributed by atoms with Gasteiger partial charge >= 0.3 is 0 Å². The van der Waals surface area contributed by atoms with Crippen molar-refractivity contribution < 1.29 is 18.4 Å². The van der Waals surface area contributed by atoms with E-state index in [1.54, 1.807) is 18.1 Å². The summed E-state index contributed by atoms with van der Waals surface area (Å²) in [7, 11) is 1.60. The number of carbonyl (C=O) groups is 1. The maximum Gasteiger partial charge on any atom is 0.254 e. The summed E-state index contributed by atoms with van der Waals surface area (Å²) in [5.74, 6) is 0.990. The average Bonchev–Trinajstić information content (AvgIpc) is 3.17. The number of rotatable bonds is 7. The second kappa shape index (κ2) is 8.65. The first-order valence-corrected chi connectivity index (χ1v) is 9.01. The molecule has 0 bridgehead atoms. The molecule has 6 nitrogen and oxygen atoms in total. The first-order chi connectivity index (χ1) is 13.5. The molecule has 2 aromatic carbocycles. The van der Waals surface area contributed by atoms with E-state index in [9.17, 15) is 9.18 Å². The molecule has 3 rings (SSSR count). The van der Waals surface area contributed by atoms with Crippen molar-refractivity contribution in [1.82, 2.24) is 15.0 Å². The predicted octanol–water partition coefficient (Wildman–Crippen LogP) is 3.98. The van der Waals surface area contributed by atoms with Crippen LogP contribution < -0.4 is 4.74 Å². The minimum Gasteiger partial charge on any atom is -0.497 e. The first kappa shape index (κ1) is 19.5. The number of aromatic nitrogens is 2. The number of halogens is 1. The lowest BCUT2D eigenvalue weighted by Crippen LogP contribution is -2.38. The van der Waals surface area contributed by atoms with Crippen LogP contribution in [0.1, 0.15) is 30.1 Å². The second-order valence-corrected chi connectivity index (χ2v) is 6.59. The molecule has 0 saturated carbocycles. The lowest BCUT2D eigenvalue weighted by molar-refractivity contribution is 0.0703. The highest BCUT2D eigenvalue weighted by molar-refractivity contribution is 5.94. The smallest absolute Gasteiger partial charge is 0.254 e. The standard InChI is InChI=1S/C21H22FN3O3/c1-14(2)25(21(26)16-5-4-6-17(22)13-16)12-11-19-23-20(24-28-19)15-7-9-18(27-3)10-8-15/h4-10,13-14H,11-12H2,1-3H3. The van der Waals surface area contributed by atoms with Crippen LogP contribution in [0.15, 0.2) is 53.1 Å². The molecule has 1 amide bonds. The Hall–Kier alpha value is -3.22. The van der Waals surface area contributed by atoms with Gasteiger partial charge in [0, 0.05) is 30.1 Å². The first-order valence-electron chi connectivity index (χ1n) is 9.01. The van der Waals surface area contributed by atoms with Crippen LogP contribution in [-0.4, -0.2) is 40.6 Å². The topological polar surface area (TPSA) is 68.5 Å². The van der Waals surface area contributed by atoms with Gasteiger partial charge in [0.05, 0.1) is 7.11 Å². The Morgan fingerprint density at radius 1 is 1.21 bits per heavy atom. The predicted molar refractivity (Wildman–Crippen MR) is 103 cm³/mol. The van der Waals surface area contributed by atoms with Crippen LogP contribution in [-0.2, 0) is 6.42 Å². The molecule has 0 aliphatic carbocycles. The Bertz CT molecular complexity index is 938. The Kier molecular flexibility index (Phi) is 6.03. The van der Waals surface area contributed by atoms with Gasteiger partial charge in [0.1, 0.15) is 11.6 Å². The monoisotopic (exact) mass is 383 g/mol. The molecule has 0 saturated heterocycles. The van der Waals surface area contributed by atoms with Crippen LogP contribution in [0.5, 0.6) is 5.75 Å². The van der Waals surface area contributed by atoms with E-state index in [1.807, 2.05) is 38.1 Å². The molecule has 146 valence electrons. The zero-order chi connectivity index (χ0) is 20.1. The largest absolute Gasteiger partial charge is 0.497 e. The van der Waals surface area contributed by atoms with E-state index in [4.69, 9.17) is 9.26 Å². The third-order valence-electron chi connectivity index (χ3n) is 4.34. The van der Waals surface area contributed by atoms with Crippen LogP contribution in [0.3, 0.4) is 0 Å². The summed E-state index contributed by atoms with van der Waals surface area (Å²) >= 11 is 0. The van der Waals surface area contributed by atoms with Gasteiger partial charge in [-0.3, -0.25) is 4.79 Å². The zero-order valence-electron chi connectivity index (χ0n) is 16.1. The number of carbonyl (C=O) groups excluding carboxylic acids is 1. The molecule has 0 unspecified atom stereocenters. The van der Waals surface area contributed by atoms with E-state index >= 15 is 0 Å². The molecule has 0 N–H and O–H groups in total. The van der Waals surface area contributed by atoms with E-state index < -0.39 is 5.82 Å². The summed E-state index contributed by atoms with van der Waals surface area (Å²) in [6.45, 7) is 4.21. The lowest BCUT2D eigenvalue weighted by Gasteiger charge is -2.26. The summed E-state index contributed by atoms with van der Waals surface area (Å²) in [5.41, 5.74) is 1.13. The summed E-state index contributed by atoms with van der Waals surface area (Å²) < 4.78 is 23.9. The quantitative estimate of drug-likeness (QED) is 0.617. The Labute approximate surface area is 162 Å². The molecule has 1 heterocycles. The molecular formula is C21H22FN3O3. The van der Waals surface area contributed by atoms with E-state index in [-0.39, 0.29) is 11.9 Å². The highest BCUT2D eigenvalue weighted by Gasteiger charge is 2.20. The van der Waals surface area contributed by atoms with Crippen molar-refractivity contribution in [3.8, 4) is 17.1 Å². The van der Waals surface area contributed by atoms with Gasteiger partial charge in [-0.05, 0) is 56.3 Å². The number of benzene rings is 2. The minimum absolute atomic E-state index is 0.0558. The van der Waals surface area contributed by atoms with Gasteiger partial charge < -0.3 is 14.2 Å². The fourth-order valence-electron chi connectivity index (χ4n) is 2.81. The van der Waals surface area contributed by atoms with Crippen molar-refractivity contribution in [3.63, 3.8) is 0 Å². The van der Waals surface area contributed by atoms with Crippen molar-refractivity contribution in [2.45, 2.75) is 26.3 Å². The molecule has 0 radical (unpaired) electrons. The maximum absolute atomic E-state index is 13.4. The fourth-order valence-corrected chi connectivity index (χ4v) is 2.81. The molecule has 0 aliphatic heterocycles. The molecule has 0 atom stereocenters. The van der Waals surface area contributed by atoms with Gasteiger partial charge in [-0.1, -0.05) is 11.2 Å². The zero-order valence-corrected chi connectivity index (χ0v) is 16.1. The molecule has 3 aromatic rings. The minimum atomic E-state index is -0.435. The van der Waals surface area contributed by atoms with Crippen LogP contribution in [0.25, 0.3) is 11.4 Å². The van der Waals surface area contributed by atoms with Crippen molar-refractivity contribution >= 4 is 5.91 Å². The Morgan fingerprint density at radius 2 is 1.96 bits per heavy atom. The van der Waals surface area contributed by atoms with Crippen LogP contribution >= 0.6 is 0 Å². The highest BCUT2D eigenvalue weighted by atomic mass is 19.1. The summed E-state index contributed by atoms with van der Waals surface area (Å²) in [6.07, 6.45) is 0.405. The third kappa shape index (κ3) is 4.54.